The van der Waals surface area contributed by atoms with Crippen LogP contribution in [0.15, 0.2) is 0 Å². The smallest absolute Gasteiger partial charge is 0.320 e. The van der Waals surface area contributed by atoms with Crippen LogP contribution >= 0.6 is 7.60 Å². The van der Waals surface area contributed by atoms with Crippen LogP contribution in [0.4, 0.5) is 0 Å². The highest BCUT2D eigenvalue weighted by Gasteiger charge is 2.23. The van der Waals surface area contributed by atoms with E-state index >= 15 is 0 Å². The molecule has 7 heteroatoms. The largest absolute Gasteiger partial charge is 0.378 e. The molecule has 0 aromatic carbocycles. The van der Waals surface area contributed by atoms with Crippen molar-refractivity contribution in [3.05, 3.63) is 5.69 Å². The van der Waals surface area contributed by atoms with Gasteiger partial charge in [-0.2, -0.15) is 10.3 Å². The van der Waals surface area contributed by atoms with Gasteiger partial charge in [0.05, 0.1) is 5.69 Å². The topological polar surface area (TPSA) is 99.1 Å². The lowest BCUT2D eigenvalue weighted by Gasteiger charge is -1.96. The van der Waals surface area contributed by atoms with Crippen LogP contribution in [-0.2, 0) is 4.57 Å². The number of hydrogen-bond acceptors (Lipinski definition) is 3. The number of aromatic amines is 1. The minimum absolute atomic E-state index is 0.230. The average molecular weight is 163 g/mol. The Morgan fingerprint density at radius 1 is 1.50 bits per heavy atom. The van der Waals surface area contributed by atoms with Crippen molar-refractivity contribution in [1.82, 2.24) is 15.4 Å². The number of H-pyrrole nitrogens is 1. The summed E-state index contributed by atoms with van der Waals surface area (Å²) >= 11 is 0. The molecule has 0 radical (unpaired) electrons. The second kappa shape index (κ2) is 2.16. The van der Waals surface area contributed by atoms with Crippen molar-refractivity contribution in [2.24, 2.45) is 0 Å². The first-order valence-corrected chi connectivity index (χ1v) is 4.06. The van der Waals surface area contributed by atoms with Crippen LogP contribution in [0.3, 0.4) is 0 Å². The fraction of sp³-hybridized carbons (Fsp3) is 0.333. The van der Waals surface area contributed by atoms with Crippen LogP contribution in [0, 0.1) is 6.92 Å². The van der Waals surface area contributed by atoms with Gasteiger partial charge in [-0.3, -0.25) is 4.57 Å². The maximum Gasteiger partial charge on any atom is 0.378 e. The molecule has 0 aliphatic carbocycles. The SMILES string of the molecule is Cc1n[nH]nc1P(=O)(O)O. The average Bonchev–Trinajstić information content (AvgIpc) is 2.11. The molecule has 0 saturated heterocycles. The van der Waals surface area contributed by atoms with E-state index in [-0.39, 0.29) is 11.1 Å². The van der Waals surface area contributed by atoms with Crippen LogP contribution in [0.1, 0.15) is 5.69 Å². The highest BCUT2D eigenvalue weighted by atomic mass is 31.2. The van der Waals surface area contributed by atoms with Crippen molar-refractivity contribution in [2.75, 3.05) is 0 Å². The lowest BCUT2D eigenvalue weighted by Crippen LogP contribution is -2.08. The van der Waals surface area contributed by atoms with E-state index in [1.54, 1.807) is 0 Å². The molecule has 0 aliphatic rings. The van der Waals surface area contributed by atoms with Crippen molar-refractivity contribution in [3.63, 3.8) is 0 Å². The number of nitrogens with one attached hydrogen (secondary N) is 1. The van der Waals surface area contributed by atoms with Gasteiger partial charge in [-0.1, -0.05) is 0 Å². The van der Waals surface area contributed by atoms with E-state index in [0.29, 0.717) is 0 Å². The third-order valence-corrected chi connectivity index (χ3v) is 1.95. The molecule has 0 saturated carbocycles. The van der Waals surface area contributed by atoms with Crippen molar-refractivity contribution < 1.29 is 14.4 Å². The molecule has 6 nitrogen and oxygen atoms in total. The maximum absolute atomic E-state index is 10.5. The Morgan fingerprint density at radius 3 is 2.30 bits per heavy atom. The Labute approximate surface area is 56.4 Å². The molecule has 1 aromatic rings. The fourth-order valence-electron chi connectivity index (χ4n) is 0.554. The zero-order valence-electron chi connectivity index (χ0n) is 5.14. The normalized spacial score (nSPS) is 11.9. The minimum atomic E-state index is -4.21. The summed E-state index contributed by atoms with van der Waals surface area (Å²) in [4.78, 5) is 17.1. The maximum atomic E-state index is 10.5. The van der Waals surface area contributed by atoms with Gasteiger partial charge in [0.1, 0.15) is 0 Å². The van der Waals surface area contributed by atoms with E-state index in [4.69, 9.17) is 9.79 Å². The Morgan fingerprint density at radius 2 is 2.10 bits per heavy atom. The molecule has 0 atom stereocenters. The molecule has 1 aromatic heterocycles. The van der Waals surface area contributed by atoms with Gasteiger partial charge in [-0.15, -0.1) is 5.10 Å². The number of hydrogen-bond donors (Lipinski definition) is 3. The van der Waals surface area contributed by atoms with E-state index < -0.39 is 7.60 Å². The van der Waals surface area contributed by atoms with Gasteiger partial charge < -0.3 is 9.79 Å². The molecular formula is C3H6N3O3P. The van der Waals surface area contributed by atoms with E-state index in [1.807, 2.05) is 0 Å². The third kappa shape index (κ3) is 1.23. The highest BCUT2D eigenvalue weighted by Crippen LogP contribution is 2.32. The van der Waals surface area contributed by atoms with E-state index in [9.17, 15) is 4.57 Å². The first kappa shape index (κ1) is 7.40. The van der Waals surface area contributed by atoms with E-state index in [2.05, 4.69) is 15.4 Å². The zero-order valence-corrected chi connectivity index (χ0v) is 6.04. The molecular weight excluding hydrogens is 157 g/mol. The summed E-state index contributed by atoms with van der Waals surface area (Å²) in [6.45, 7) is 1.47. The van der Waals surface area contributed by atoms with Crippen LogP contribution in [0.25, 0.3) is 0 Å². The van der Waals surface area contributed by atoms with Gasteiger partial charge in [-0.25, -0.2) is 0 Å². The first-order valence-electron chi connectivity index (χ1n) is 2.45. The standard InChI is InChI=1S/C3H6N3O3P/c1-2-3(5-6-4-2)10(7,8)9/h1H3,(H,4,5,6)(H2,7,8,9). The van der Waals surface area contributed by atoms with E-state index in [1.165, 1.54) is 6.92 Å². The van der Waals surface area contributed by atoms with E-state index in [0.717, 1.165) is 0 Å². The lowest BCUT2D eigenvalue weighted by molar-refractivity contribution is 0.386. The van der Waals surface area contributed by atoms with Crippen molar-refractivity contribution in [1.29, 1.82) is 0 Å². The van der Waals surface area contributed by atoms with Crippen LogP contribution in [0.5, 0.6) is 0 Å². The molecule has 0 unspecified atom stereocenters. The summed E-state index contributed by atoms with van der Waals surface area (Å²) in [6, 6.07) is 0. The Hall–Kier alpha value is -0.710. The highest BCUT2D eigenvalue weighted by molar-refractivity contribution is 7.60. The third-order valence-electron chi connectivity index (χ3n) is 0.973. The Kier molecular flexibility index (Phi) is 1.60. The predicted octanol–water partition coefficient (Wildman–Crippen LogP) is -1.08. The lowest BCUT2D eigenvalue weighted by atomic mass is 10.6. The quantitative estimate of drug-likeness (QED) is 0.457. The van der Waals surface area contributed by atoms with Crippen LogP contribution in [-0.4, -0.2) is 25.2 Å². The minimum Gasteiger partial charge on any atom is -0.320 e. The number of rotatable bonds is 1. The predicted molar refractivity (Wildman–Crippen MR) is 32.8 cm³/mol. The second-order valence-electron chi connectivity index (χ2n) is 1.78. The van der Waals surface area contributed by atoms with Gasteiger partial charge in [0.25, 0.3) is 0 Å². The molecule has 0 bridgehead atoms. The number of aromatic nitrogens is 3. The summed E-state index contributed by atoms with van der Waals surface area (Å²) < 4.78 is 10.5. The molecule has 1 rings (SSSR count). The van der Waals surface area contributed by atoms with Crippen molar-refractivity contribution in [3.8, 4) is 0 Å². The molecule has 56 valence electrons. The Bertz CT molecular complexity index is 276. The van der Waals surface area contributed by atoms with Crippen LogP contribution < -0.4 is 5.44 Å². The molecule has 0 aliphatic heterocycles. The Balaban J connectivity index is 3.18. The van der Waals surface area contributed by atoms with Gasteiger partial charge in [0.15, 0.2) is 5.44 Å². The molecule has 0 spiro atoms. The van der Waals surface area contributed by atoms with Gasteiger partial charge in [0, 0.05) is 0 Å². The summed E-state index contributed by atoms with van der Waals surface area (Å²) in [5.74, 6) is 0. The summed E-state index contributed by atoms with van der Waals surface area (Å²) in [6.07, 6.45) is 0. The first-order chi connectivity index (χ1) is 4.52. The molecule has 3 N–H and O–H groups in total. The fourth-order valence-corrected chi connectivity index (χ4v) is 1.20. The van der Waals surface area contributed by atoms with Gasteiger partial charge in [0.2, 0.25) is 0 Å². The molecule has 1 heterocycles. The summed E-state index contributed by atoms with van der Waals surface area (Å²) in [7, 11) is -4.21. The van der Waals surface area contributed by atoms with Crippen LogP contribution in [0.2, 0.25) is 0 Å². The zero-order chi connectivity index (χ0) is 7.78. The molecule has 0 fully saturated rings. The number of nitrogens with zero attached hydrogens (tertiary/aromatic N) is 2. The summed E-state index contributed by atoms with van der Waals surface area (Å²) in [5, 5.41) is 8.85. The van der Waals surface area contributed by atoms with Gasteiger partial charge >= 0.3 is 7.60 Å². The van der Waals surface area contributed by atoms with Crippen molar-refractivity contribution in [2.45, 2.75) is 6.92 Å². The van der Waals surface area contributed by atoms with Gasteiger partial charge in [-0.05, 0) is 6.92 Å². The second-order valence-corrected chi connectivity index (χ2v) is 3.29. The molecule has 10 heavy (non-hydrogen) atoms. The number of aryl methyl sites for hydroxylation is 1. The monoisotopic (exact) mass is 163 g/mol. The summed E-state index contributed by atoms with van der Waals surface area (Å²) in [5.41, 5.74) is -0.0548. The molecule has 0 amide bonds. The van der Waals surface area contributed by atoms with Crippen molar-refractivity contribution >= 4 is 13.0 Å².